The molecule has 2 aromatic heterocycles. The minimum Gasteiger partial charge on any atom is -0.477 e. The number of esters is 1. The Hall–Kier alpha value is -3.75. The van der Waals surface area contributed by atoms with Crippen LogP contribution in [0.5, 0.6) is 5.88 Å². The molecule has 0 fully saturated rings. The summed E-state index contributed by atoms with van der Waals surface area (Å²) in [6, 6.07) is 0. The van der Waals surface area contributed by atoms with E-state index in [9.17, 15) is 14.4 Å². The van der Waals surface area contributed by atoms with E-state index in [1.54, 1.807) is 13.8 Å². The number of rotatable bonds is 7. The Bertz CT molecular complexity index is 1110. The van der Waals surface area contributed by atoms with Gasteiger partial charge in [0.05, 0.1) is 19.8 Å². The molecule has 0 amide bonds. The Morgan fingerprint density at radius 2 is 1.93 bits per heavy atom. The Kier molecular flexibility index (Phi) is 6.89. The monoisotopic (exact) mass is 417 g/mol. The summed E-state index contributed by atoms with van der Waals surface area (Å²) >= 11 is 0. The van der Waals surface area contributed by atoms with E-state index in [4.69, 9.17) is 16.0 Å². The fourth-order valence-electron chi connectivity index (χ4n) is 2.48. The van der Waals surface area contributed by atoms with Crippen LogP contribution in [0.4, 0.5) is 17.2 Å². The first-order valence-electron chi connectivity index (χ1n) is 9.17. The maximum absolute atomic E-state index is 12.8. The fourth-order valence-corrected chi connectivity index (χ4v) is 2.48. The molecule has 12 heteroatoms. The Balaban J connectivity index is 2.57. The quantitative estimate of drug-likeness (QED) is 0.402. The lowest BCUT2D eigenvalue weighted by molar-refractivity contribution is -0.143. The molecule has 0 aliphatic rings. The van der Waals surface area contributed by atoms with Crippen LogP contribution in [0, 0.1) is 6.57 Å². The molecule has 0 spiro atoms. The van der Waals surface area contributed by atoms with Gasteiger partial charge in [-0.2, -0.15) is 5.10 Å². The number of H-pyrrole nitrogens is 2. The summed E-state index contributed by atoms with van der Waals surface area (Å²) in [5, 5.41) is 14.5. The predicted octanol–water partition coefficient (Wildman–Crippen LogP) is 2.49. The van der Waals surface area contributed by atoms with E-state index in [1.165, 1.54) is 0 Å². The third kappa shape index (κ3) is 4.80. The lowest BCUT2D eigenvalue weighted by Gasteiger charge is -2.16. The first kappa shape index (κ1) is 22.5. The number of ether oxygens (including phenoxy) is 2. The van der Waals surface area contributed by atoms with Crippen LogP contribution >= 0.6 is 0 Å². The summed E-state index contributed by atoms with van der Waals surface area (Å²) in [5.74, 6) is -0.971. The Morgan fingerprint density at radius 3 is 2.50 bits per heavy atom. The van der Waals surface area contributed by atoms with E-state index in [2.05, 4.69) is 30.3 Å². The second-order valence-corrected chi connectivity index (χ2v) is 7.07. The largest absolute Gasteiger partial charge is 0.477 e. The van der Waals surface area contributed by atoms with Crippen LogP contribution in [-0.4, -0.2) is 38.9 Å². The molecule has 2 N–H and O–H groups in total. The molecule has 2 aromatic rings. The van der Waals surface area contributed by atoms with Gasteiger partial charge in [-0.15, -0.1) is 10.2 Å². The average Bonchev–Trinajstić information content (AvgIpc) is 3.08. The first-order chi connectivity index (χ1) is 14.1. The second kappa shape index (κ2) is 9.17. The zero-order chi connectivity index (χ0) is 22.5. The van der Waals surface area contributed by atoms with Crippen molar-refractivity contribution in [2.24, 2.45) is 10.2 Å². The van der Waals surface area contributed by atoms with E-state index in [0.29, 0.717) is 10.3 Å². The highest BCUT2D eigenvalue weighted by Crippen LogP contribution is 2.37. The van der Waals surface area contributed by atoms with Crippen molar-refractivity contribution in [2.75, 3.05) is 13.2 Å². The topological polar surface area (TPSA) is 148 Å². The van der Waals surface area contributed by atoms with Gasteiger partial charge >= 0.3 is 11.7 Å². The zero-order valence-corrected chi connectivity index (χ0v) is 17.4. The molecule has 2 heterocycles. The van der Waals surface area contributed by atoms with Gasteiger partial charge in [-0.1, -0.05) is 20.8 Å². The van der Waals surface area contributed by atoms with Gasteiger partial charge in [-0.3, -0.25) is 19.7 Å². The lowest BCUT2D eigenvalue weighted by Crippen LogP contribution is -2.37. The summed E-state index contributed by atoms with van der Waals surface area (Å²) in [4.78, 5) is 42.5. The van der Waals surface area contributed by atoms with Crippen molar-refractivity contribution in [3.05, 3.63) is 37.9 Å². The van der Waals surface area contributed by atoms with Crippen molar-refractivity contribution in [2.45, 2.75) is 46.6 Å². The summed E-state index contributed by atoms with van der Waals surface area (Å²) in [6.45, 7) is 16.0. The molecule has 12 nitrogen and oxygen atoms in total. The zero-order valence-electron chi connectivity index (χ0n) is 17.4. The summed E-state index contributed by atoms with van der Waals surface area (Å²) < 4.78 is 10.7. The van der Waals surface area contributed by atoms with Gasteiger partial charge < -0.3 is 9.47 Å². The predicted molar refractivity (Wildman–Crippen MR) is 107 cm³/mol. The van der Waals surface area contributed by atoms with Gasteiger partial charge in [0.2, 0.25) is 17.4 Å². The highest BCUT2D eigenvalue weighted by Gasteiger charge is 2.24. The highest BCUT2D eigenvalue weighted by atomic mass is 16.5. The maximum atomic E-state index is 12.8. The third-order valence-electron chi connectivity index (χ3n) is 3.84. The molecule has 0 unspecified atom stereocenters. The lowest BCUT2D eigenvalue weighted by atomic mass is 9.91. The molecule has 0 atom stereocenters. The summed E-state index contributed by atoms with van der Waals surface area (Å²) in [7, 11) is 0. The number of carbonyl (C=O) groups is 1. The molecule has 160 valence electrons. The normalized spacial score (nSPS) is 11.5. The molecule has 0 saturated heterocycles. The third-order valence-corrected chi connectivity index (χ3v) is 3.84. The van der Waals surface area contributed by atoms with Crippen LogP contribution < -0.4 is 16.0 Å². The fraction of sp³-hybridized carbons (Fsp3) is 0.500. The number of nitrogens with zero attached hydrogens (tertiary/aromatic N) is 5. The molecule has 0 bridgehead atoms. The van der Waals surface area contributed by atoms with Crippen LogP contribution in [0.25, 0.3) is 4.85 Å². The number of aromatic amines is 2. The SMILES string of the molecule is [C-]#[N+]c1c(N=Nc2c(OCC)[nH]c(=O)n(CC(=O)OCC)c2=O)n[nH]c1C(C)(C)C. The number of aromatic nitrogens is 4. The molecule has 0 aliphatic heterocycles. The first-order valence-corrected chi connectivity index (χ1v) is 9.17. The molecule has 2 rings (SSSR count). The highest BCUT2D eigenvalue weighted by molar-refractivity contribution is 5.69. The molecule has 0 radical (unpaired) electrons. The molecule has 0 aromatic carbocycles. The number of azo groups is 1. The number of hydrogen-bond acceptors (Lipinski definition) is 8. The minimum absolute atomic E-state index is 0.0140. The molecule has 0 saturated carbocycles. The average molecular weight is 417 g/mol. The van der Waals surface area contributed by atoms with Gasteiger partial charge in [0.25, 0.3) is 11.2 Å². The van der Waals surface area contributed by atoms with Crippen molar-refractivity contribution >= 4 is 23.2 Å². The van der Waals surface area contributed by atoms with E-state index < -0.39 is 23.8 Å². The standard InChI is InChI=1S/C18H23N7O5/c1-7-29-10(26)9-25-16(27)12(15(30-8-2)20-17(25)28)21-23-14-11(19-6)13(22-24-14)18(3,4)5/h7-9H2,1-5H3,(H,20,28)(H,22,24). The van der Waals surface area contributed by atoms with Gasteiger partial charge in [0.1, 0.15) is 6.54 Å². The maximum Gasteiger partial charge on any atom is 0.331 e. The number of hydrogen-bond donors (Lipinski definition) is 2. The number of nitrogens with one attached hydrogen (secondary N) is 2. The van der Waals surface area contributed by atoms with Crippen molar-refractivity contribution < 1.29 is 14.3 Å². The van der Waals surface area contributed by atoms with Crippen LogP contribution in [0.15, 0.2) is 19.8 Å². The van der Waals surface area contributed by atoms with Crippen LogP contribution in [-0.2, 0) is 21.5 Å². The van der Waals surface area contributed by atoms with Crippen LogP contribution in [0.1, 0.15) is 40.3 Å². The summed E-state index contributed by atoms with van der Waals surface area (Å²) in [6.07, 6.45) is 0. The second-order valence-electron chi connectivity index (χ2n) is 7.07. The molecular formula is C18H23N7O5. The Labute approximate surface area is 171 Å². The van der Waals surface area contributed by atoms with Crippen LogP contribution in [0.3, 0.4) is 0 Å². The van der Waals surface area contributed by atoms with Gasteiger partial charge in [0.15, 0.2) is 0 Å². The van der Waals surface area contributed by atoms with Crippen molar-refractivity contribution in [3.63, 3.8) is 0 Å². The smallest absolute Gasteiger partial charge is 0.331 e. The summed E-state index contributed by atoms with van der Waals surface area (Å²) in [5.41, 5.74) is -1.74. The minimum atomic E-state index is -0.894. The van der Waals surface area contributed by atoms with E-state index >= 15 is 0 Å². The molecular weight excluding hydrogens is 394 g/mol. The van der Waals surface area contributed by atoms with Gasteiger partial charge in [-0.05, 0) is 19.3 Å². The van der Waals surface area contributed by atoms with E-state index in [-0.39, 0.29) is 41.7 Å². The van der Waals surface area contributed by atoms with Crippen molar-refractivity contribution in [1.29, 1.82) is 0 Å². The van der Waals surface area contributed by atoms with Gasteiger partial charge in [-0.25, -0.2) is 14.2 Å². The van der Waals surface area contributed by atoms with E-state index in [1.807, 2.05) is 20.8 Å². The van der Waals surface area contributed by atoms with Crippen LogP contribution in [0.2, 0.25) is 0 Å². The molecule has 0 aliphatic carbocycles. The Morgan fingerprint density at radius 1 is 1.23 bits per heavy atom. The van der Waals surface area contributed by atoms with Crippen molar-refractivity contribution in [3.8, 4) is 5.88 Å². The number of carbonyl (C=O) groups excluding carboxylic acids is 1. The van der Waals surface area contributed by atoms with Crippen molar-refractivity contribution in [1.82, 2.24) is 19.7 Å². The van der Waals surface area contributed by atoms with E-state index in [0.717, 1.165) is 0 Å². The van der Waals surface area contributed by atoms with Gasteiger partial charge in [0, 0.05) is 5.69 Å². The molecule has 30 heavy (non-hydrogen) atoms.